The molecule has 0 amide bonds. The van der Waals surface area contributed by atoms with E-state index >= 15 is 0 Å². The molecular weight excluding hydrogens is 390 g/mol. The molecule has 0 aliphatic carbocycles. The minimum absolute atomic E-state index is 0.205. The fraction of sp³-hybridized carbons (Fsp3) is 0.286. The van der Waals surface area contributed by atoms with Gasteiger partial charge in [0.15, 0.2) is 0 Å². The highest BCUT2D eigenvalue weighted by atomic mass is 19.4. The molecule has 0 atom stereocenters. The molecule has 1 heterocycles. The van der Waals surface area contributed by atoms with Crippen molar-refractivity contribution in [3.05, 3.63) is 71.0 Å². The SMILES string of the molecule is COc1cccc(C(=C2CCNCC2)c2ccc(F)cc2)c1.O=C(O)C(F)(F)F. The van der Waals surface area contributed by atoms with E-state index in [0.717, 1.165) is 42.8 Å². The van der Waals surface area contributed by atoms with Crippen molar-refractivity contribution in [3.63, 3.8) is 0 Å². The lowest BCUT2D eigenvalue weighted by atomic mass is 9.89. The Hall–Kier alpha value is -2.87. The summed E-state index contributed by atoms with van der Waals surface area (Å²) in [5.41, 5.74) is 4.81. The first-order valence-corrected chi connectivity index (χ1v) is 8.85. The summed E-state index contributed by atoms with van der Waals surface area (Å²) in [6.45, 7) is 1.98. The Labute approximate surface area is 165 Å². The number of alkyl halides is 3. The quantitative estimate of drug-likeness (QED) is 0.722. The van der Waals surface area contributed by atoms with Gasteiger partial charge >= 0.3 is 12.1 Å². The largest absolute Gasteiger partial charge is 0.497 e. The standard InChI is InChI=1S/C19H20FNO.C2HF3O2/c1-22-18-4-2-3-16(13-18)19(15-9-11-21-12-10-15)14-5-7-17(20)8-6-14;3-2(4,5)1(6)7/h2-8,13,21H,9-12H2,1H3;(H,6,7). The summed E-state index contributed by atoms with van der Waals surface area (Å²) in [6, 6.07) is 14.9. The number of carboxylic acid groups (broad SMARTS) is 1. The Balaban J connectivity index is 0.000000370. The van der Waals surface area contributed by atoms with E-state index in [4.69, 9.17) is 14.6 Å². The van der Waals surface area contributed by atoms with Crippen LogP contribution in [-0.4, -0.2) is 37.5 Å². The zero-order valence-electron chi connectivity index (χ0n) is 15.7. The van der Waals surface area contributed by atoms with Crippen LogP contribution in [0.2, 0.25) is 0 Å². The lowest BCUT2D eigenvalue weighted by Crippen LogP contribution is -2.23. The maximum atomic E-state index is 13.3. The third-order valence-electron chi connectivity index (χ3n) is 4.29. The molecule has 3 rings (SSSR count). The Bertz CT molecular complexity index is 853. The molecular formula is C21H21F4NO3. The number of carbonyl (C=O) groups is 1. The van der Waals surface area contributed by atoms with Crippen LogP contribution in [0.25, 0.3) is 5.57 Å². The summed E-state index contributed by atoms with van der Waals surface area (Å²) < 4.78 is 50.4. The molecule has 1 saturated heterocycles. The number of piperidine rings is 1. The second-order valence-corrected chi connectivity index (χ2v) is 6.27. The number of ether oxygens (including phenoxy) is 1. The molecule has 1 aliphatic rings. The smallest absolute Gasteiger partial charge is 0.490 e. The molecule has 4 nitrogen and oxygen atoms in total. The average molecular weight is 411 g/mol. The van der Waals surface area contributed by atoms with Gasteiger partial charge in [0.2, 0.25) is 0 Å². The number of methoxy groups -OCH3 is 1. The van der Waals surface area contributed by atoms with Gasteiger partial charge in [-0.1, -0.05) is 29.8 Å². The van der Waals surface area contributed by atoms with E-state index in [0.29, 0.717) is 0 Å². The van der Waals surface area contributed by atoms with Gasteiger partial charge in [-0.2, -0.15) is 13.2 Å². The van der Waals surface area contributed by atoms with E-state index in [2.05, 4.69) is 11.4 Å². The molecule has 0 spiro atoms. The van der Waals surface area contributed by atoms with E-state index in [1.807, 2.05) is 30.3 Å². The van der Waals surface area contributed by atoms with E-state index in [9.17, 15) is 17.6 Å². The first-order chi connectivity index (χ1) is 13.7. The Morgan fingerprint density at radius 3 is 2.14 bits per heavy atom. The second kappa shape index (κ2) is 10.1. The number of nitrogens with one attached hydrogen (secondary N) is 1. The van der Waals surface area contributed by atoms with Crippen molar-refractivity contribution in [3.8, 4) is 5.75 Å². The minimum Gasteiger partial charge on any atom is -0.497 e. The van der Waals surface area contributed by atoms with Crippen LogP contribution in [0.1, 0.15) is 24.0 Å². The van der Waals surface area contributed by atoms with Gasteiger partial charge in [-0.25, -0.2) is 9.18 Å². The van der Waals surface area contributed by atoms with Gasteiger partial charge in [0.05, 0.1) is 7.11 Å². The predicted octanol–water partition coefficient (Wildman–Crippen LogP) is 4.65. The van der Waals surface area contributed by atoms with Crippen LogP contribution in [0.15, 0.2) is 54.1 Å². The number of aliphatic carboxylic acids is 1. The molecule has 1 aliphatic heterocycles. The molecule has 2 aromatic carbocycles. The zero-order chi connectivity index (χ0) is 21.4. The van der Waals surface area contributed by atoms with Crippen LogP contribution in [-0.2, 0) is 4.79 Å². The van der Waals surface area contributed by atoms with E-state index in [1.165, 1.54) is 23.3 Å². The molecule has 2 N–H and O–H groups in total. The Morgan fingerprint density at radius 2 is 1.62 bits per heavy atom. The topological polar surface area (TPSA) is 58.6 Å². The fourth-order valence-corrected chi connectivity index (χ4v) is 2.95. The Kier molecular flexibility index (Phi) is 7.78. The molecule has 0 unspecified atom stereocenters. The Morgan fingerprint density at radius 1 is 1.03 bits per heavy atom. The minimum atomic E-state index is -5.08. The second-order valence-electron chi connectivity index (χ2n) is 6.27. The van der Waals surface area contributed by atoms with Crippen LogP contribution < -0.4 is 10.1 Å². The number of hydrogen-bond donors (Lipinski definition) is 2. The van der Waals surface area contributed by atoms with E-state index < -0.39 is 12.1 Å². The van der Waals surface area contributed by atoms with Crippen LogP contribution in [0.3, 0.4) is 0 Å². The number of halogens is 4. The molecule has 156 valence electrons. The molecule has 2 aromatic rings. The summed E-state index contributed by atoms with van der Waals surface area (Å²) in [5, 5.41) is 10.5. The van der Waals surface area contributed by atoms with Crippen LogP contribution in [0.5, 0.6) is 5.75 Å². The highest BCUT2D eigenvalue weighted by Crippen LogP contribution is 2.32. The van der Waals surface area contributed by atoms with Crippen LogP contribution in [0, 0.1) is 5.82 Å². The molecule has 0 aromatic heterocycles. The molecule has 0 bridgehead atoms. The monoisotopic (exact) mass is 411 g/mol. The van der Waals surface area contributed by atoms with Gasteiger partial charge in [-0.15, -0.1) is 0 Å². The van der Waals surface area contributed by atoms with Gasteiger partial charge in [-0.3, -0.25) is 0 Å². The normalized spacial score (nSPS) is 13.9. The molecule has 0 saturated carbocycles. The predicted molar refractivity (Wildman–Crippen MR) is 101 cm³/mol. The van der Waals surface area contributed by atoms with Crippen molar-refractivity contribution in [2.24, 2.45) is 0 Å². The van der Waals surface area contributed by atoms with Crippen molar-refractivity contribution in [1.29, 1.82) is 0 Å². The third-order valence-corrected chi connectivity index (χ3v) is 4.29. The van der Waals surface area contributed by atoms with E-state index in [-0.39, 0.29) is 5.82 Å². The average Bonchev–Trinajstić information content (AvgIpc) is 2.70. The van der Waals surface area contributed by atoms with Crippen LogP contribution >= 0.6 is 0 Å². The van der Waals surface area contributed by atoms with Crippen molar-refractivity contribution < 1.29 is 32.2 Å². The third kappa shape index (κ3) is 6.60. The first-order valence-electron chi connectivity index (χ1n) is 8.85. The summed E-state index contributed by atoms with van der Waals surface area (Å²) >= 11 is 0. The van der Waals surface area contributed by atoms with Gasteiger partial charge in [0.1, 0.15) is 11.6 Å². The first kappa shape index (κ1) is 22.4. The van der Waals surface area contributed by atoms with Gasteiger partial charge in [0, 0.05) is 0 Å². The fourth-order valence-electron chi connectivity index (χ4n) is 2.95. The number of carboxylic acids is 1. The van der Waals surface area contributed by atoms with Crippen LogP contribution in [0.4, 0.5) is 17.6 Å². The van der Waals surface area contributed by atoms with E-state index in [1.54, 1.807) is 7.11 Å². The maximum absolute atomic E-state index is 13.3. The number of hydrogen-bond acceptors (Lipinski definition) is 3. The number of benzene rings is 2. The van der Waals surface area contributed by atoms with Crippen molar-refractivity contribution in [1.82, 2.24) is 5.32 Å². The molecule has 1 fully saturated rings. The highest BCUT2D eigenvalue weighted by molar-refractivity contribution is 5.82. The maximum Gasteiger partial charge on any atom is 0.490 e. The summed E-state index contributed by atoms with van der Waals surface area (Å²) in [4.78, 5) is 8.90. The van der Waals surface area contributed by atoms with Crippen molar-refractivity contribution in [2.75, 3.05) is 20.2 Å². The van der Waals surface area contributed by atoms with Gasteiger partial charge in [-0.05, 0) is 66.9 Å². The van der Waals surface area contributed by atoms with Crippen molar-refractivity contribution in [2.45, 2.75) is 19.0 Å². The lowest BCUT2D eigenvalue weighted by Gasteiger charge is -2.21. The molecule has 0 radical (unpaired) electrons. The highest BCUT2D eigenvalue weighted by Gasteiger charge is 2.38. The summed E-state index contributed by atoms with van der Waals surface area (Å²) in [7, 11) is 1.67. The summed E-state index contributed by atoms with van der Waals surface area (Å²) in [5.74, 6) is -2.12. The lowest BCUT2D eigenvalue weighted by molar-refractivity contribution is -0.192. The van der Waals surface area contributed by atoms with Crippen molar-refractivity contribution >= 4 is 11.5 Å². The summed E-state index contributed by atoms with van der Waals surface area (Å²) in [6.07, 6.45) is -3.05. The molecule has 8 heteroatoms. The number of rotatable bonds is 3. The zero-order valence-corrected chi connectivity index (χ0v) is 15.7. The molecule has 29 heavy (non-hydrogen) atoms. The van der Waals surface area contributed by atoms with Gasteiger partial charge in [0.25, 0.3) is 0 Å². The van der Waals surface area contributed by atoms with Gasteiger partial charge < -0.3 is 15.2 Å².